The van der Waals surface area contributed by atoms with Crippen LogP contribution in [0.25, 0.3) is 6.08 Å². The van der Waals surface area contributed by atoms with Gasteiger partial charge < -0.3 is 15.4 Å². The molecule has 0 aliphatic rings. The van der Waals surface area contributed by atoms with Crippen molar-refractivity contribution in [2.75, 3.05) is 12.4 Å². The lowest BCUT2D eigenvalue weighted by molar-refractivity contribution is -0.384. The molecule has 3 aromatic carbocycles. The summed E-state index contributed by atoms with van der Waals surface area (Å²) in [6.07, 6.45) is 1.44. The smallest absolute Gasteiger partial charge is 0.272 e. The molecule has 3 aromatic rings. The molecule has 0 aliphatic carbocycles. The van der Waals surface area contributed by atoms with Gasteiger partial charge in [0.05, 0.1) is 17.7 Å². The number of hydrogen-bond acceptors (Lipinski definition) is 5. The Labute approximate surface area is 178 Å². The molecular weight excluding hydrogens is 398 g/mol. The van der Waals surface area contributed by atoms with Gasteiger partial charge in [0.15, 0.2) is 0 Å². The Balaban J connectivity index is 1.91. The zero-order valence-corrected chi connectivity index (χ0v) is 16.6. The fourth-order valence-electron chi connectivity index (χ4n) is 2.74. The van der Waals surface area contributed by atoms with Gasteiger partial charge in [-0.1, -0.05) is 30.3 Å². The van der Waals surface area contributed by atoms with Crippen LogP contribution in [0.3, 0.4) is 0 Å². The molecule has 0 fully saturated rings. The predicted molar refractivity (Wildman–Crippen MR) is 117 cm³/mol. The van der Waals surface area contributed by atoms with Gasteiger partial charge in [0.2, 0.25) is 0 Å². The van der Waals surface area contributed by atoms with Crippen molar-refractivity contribution >= 4 is 29.3 Å². The zero-order chi connectivity index (χ0) is 22.2. The van der Waals surface area contributed by atoms with E-state index in [9.17, 15) is 19.7 Å². The van der Waals surface area contributed by atoms with Gasteiger partial charge in [-0.25, -0.2) is 0 Å². The Morgan fingerprint density at radius 2 is 1.58 bits per heavy atom. The third-order valence-electron chi connectivity index (χ3n) is 4.30. The predicted octanol–water partition coefficient (Wildman–Crippen LogP) is 4.01. The van der Waals surface area contributed by atoms with Gasteiger partial charge in [-0.2, -0.15) is 0 Å². The molecule has 0 aliphatic heterocycles. The Kier molecular flexibility index (Phi) is 6.74. The average molecular weight is 417 g/mol. The number of anilines is 1. The molecule has 2 N–H and O–H groups in total. The number of hydrogen-bond donors (Lipinski definition) is 2. The first-order chi connectivity index (χ1) is 15.0. The molecule has 3 rings (SSSR count). The number of amides is 2. The highest BCUT2D eigenvalue weighted by Crippen LogP contribution is 2.24. The number of rotatable bonds is 7. The molecule has 0 saturated carbocycles. The van der Waals surface area contributed by atoms with Crippen LogP contribution in [-0.2, 0) is 4.79 Å². The molecule has 0 spiro atoms. The minimum absolute atomic E-state index is 0.0337. The highest BCUT2D eigenvalue weighted by molar-refractivity contribution is 6.11. The highest BCUT2D eigenvalue weighted by Gasteiger charge is 2.16. The van der Waals surface area contributed by atoms with Gasteiger partial charge in [0, 0.05) is 17.7 Å². The SMILES string of the molecule is COc1ccccc1NC(=O)/C(=C\c1ccc([N+](=O)[O-])cc1)NC(=O)c1ccccc1. The van der Waals surface area contributed by atoms with Crippen LogP contribution in [0.2, 0.25) is 0 Å². The van der Waals surface area contributed by atoms with Crippen molar-refractivity contribution in [3.8, 4) is 5.75 Å². The van der Waals surface area contributed by atoms with Crippen molar-refractivity contribution in [2.24, 2.45) is 0 Å². The summed E-state index contributed by atoms with van der Waals surface area (Å²) < 4.78 is 5.24. The molecule has 8 nitrogen and oxygen atoms in total. The van der Waals surface area contributed by atoms with E-state index in [1.165, 1.54) is 37.5 Å². The lowest BCUT2D eigenvalue weighted by Gasteiger charge is -2.13. The van der Waals surface area contributed by atoms with Crippen molar-refractivity contribution in [1.29, 1.82) is 0 Å². The molecule has 0 radical (unpaired) electrons. The van der Waals surface area contributed by atoms with Gasteiger partial charge in [-0.15, -0.1) is 0 Å². The van der Waals surface area contributed by atoms with Gasteiger partial charge in [0.1, 0.15) is 11.4 Å². The second kappa shape index (κ2) is 9.84. The van der Waals surface area contributed by atoms with Crippen LogP contribution in [0, 0.1) is 10.1 Å². The van der Waals surface area contributed by atoms with Crippen LogP contribution in [0.5, 0.6) is 5.75 Å². The number of ether oxygens (including phenoxy) is 1. The molecular formula is C23H19N3O5. The number of nitro groups is 1. The molecule has 0 saturated heterocycles. The fraction of sp³-hybridized carbons (Fsp3) is 0.0435. The summed E-state index contributed by atoms with van der Waals surface area (Å²) in [4.78, 5) is 35.9. The molecule has 0 atom stereocenters. The standard InChI is InChI=1S/C23H19N3O5/c1-31-21-10-6-5-9-19(21)24-23(28)20(25-22(27)17-7-3-2-4-8-17)15-16-11-13-18(14-12-16)26(29)30/h2-15H,1H3,(H,24,28)(H,25,27)/b20-15+. The van der Waals surface area contributed by atoms with Crippen LogP contribution in [0.4, 0.5) is 11.4 Å². The zero-order valence-electron chi connectivity index (χ0n) is 16.6. The van der Waals surface area contributed by atoms with Gasteiger partial charge >= 0.3 is 0 Å². The Morgan fingerprint density at radius 3 is 2.23 bits per heavy atom. The van der Waals surface area contributed by atoms with Crippen molar-refractivity contribution in [1.82, 2.24) is 5.32 Å². The Morgan fingerprint density at radius 1 is 0.935 bits per heavy atom. The summed E-state index contributed by atoms with van der Waals surface area (Å²) in [5, 5.41) is 16.2. The number of non-ortho nitro benzene ring substituents is 1. The summed E-state index contributed by atoms with van der Waals surface area (Å²) in [5.41, 5.74) is 1.20. The molecule has 8 heteroatoms. The first-order valence-corrected chi connectivity index (χ1v) is 9.25. The highest BCUT2D eigenvalue weighted by atomic mass is 16.6. The van der Waals surface area contributed by atoms with E-state index in [4.69, 9.17) is 4.74 Å². The molecule has 0 heterocycles. The van der Waals surface area contributed by atoms with E-state index >= 15 is 0 Å². The van der Waals surface area contributed by atoms with Crippen LogP contribution >= 0.6 is 0 Å². The maximum atomic E-state index is 13.0. The summed E-state index contributed by atoms with van der Waals surface area (Å²) in [6.45, 7) is 0. The van der Waals surface area contributed by atoms with Crippen LogP contribution in [0.1, 0.15) is 15.9 Å². The van der Waals surface area contributed by atoms with Crippen molar-refractivity contribution < 1.29 is 19.2 Å². The number of para-hydroxylation sites is 2. The van der Waals surface area contributed by atoms with Gasteiger partial charge in [0.25, 0.3) is 17.5 Å². The van der Waals surface area contributed by atoms with E-state index < -0.39 is 16.7 Å². The van der Waals surface area contributed by atoms with Crippen LogP contribution < -0.4 is 15.4 Å². The van der Waals surface area contributed by atoms with E-state index in [0.29, 0.717) is 22.6 Å². The summed E-state index contributed by atoms with van der Waals surface area (Å²) in [7, 11) is 1.48. The first kappa shape index (κ1) is 21.3. The lowest BCUT2D eigenvalue weighted by atomic mass is 10.1. The van der Waals surface area contributed by atoms with Crippen molar-refractivity contribution in [3.63, 3.8) is 0 Å². The maximum absolute atomic E-state index is 13.0. The fourth-order valence-corrected chi connectivity index (χ4v) is 2.74. The maximum Gasteiger partial charge on any atom is 0.272 e. The van der Waals surface area contributed by atoms with E-state index in [-0.39, 0.29) is 11.4 Å². The number of carbonyl (C=O) groups is 2. The number of nitrogens with zero attached hydrogens (tertiary/aromatic N) is 1. The minimum Gasteiger partial charge on any atom is -0.495 e. The lowest BCUT2D eigenvalue weighted by Crippen LogP contribution is -2.30. The molecule has 0 bridgehead atoms. The van der Waals surface area contributed by atoms with Crippen molar-refractivity contribution in [3.05, 3.63) is 106 Å². The topological polar surface area (TPSA) is 111 Å². The molecule has 2 amide bonds. The number of nitro benzene ring substituents is 1. The van der Waals surface area contributed by atoms with Gasteiger partial charge in [-0.3, -0.25) is 19.7 Å². The van der Waals surface area contributed by atoms with E-state index in [0.717, 1.165) is 0 Å². The summed E-state index contributed by atoms with van der Waals surface area (Å²) >= 11 is 0. The number of carbonyl (C=O) groups excluding carboxylic acids is 2. The summed E-state index contributed by atoms with van der Waals surface area (Å²) in [5.74, 6) is -0.587. The normalized spacial score (nSPS) is 10.8. The monoisotopic (exact) mass is 417 g/mol. The van der Waals surface area contributed by atoms with E-state index in [2.05, 4.69) is 10.6 Å². The van der Waals surface area contributed by atoms with E-state index in [1.54, 1.807) is 54.6 Å². The van der Waals surface area contributed by atoms with Crippen molar-refractivity contribution in [2.45, 2.75) is 0 Å². The third kappa shape index (κ3) is 5.54. The molecule has 0 aromatic heterocycles. The van der Waals surface area contributed by atoms with Gasteiger partial charge in [-0.05, 0) is 48.0 Å². The third-order valence-corrected chi connectivity index (χ3v) is 4.30. The molecule has 0 unspecified atom stereocenters. The number of methoxy groups -OCH3 is 1. The first-order valence-electron chi connectivity index (χ1n) is 9.25. The molecule has 31 heavy (non-hydrogen) atoms. The number of benzene rings is 3. The average Bonchev–Trinajstić information content (AvgIpc) is 2.79. The second-order valence-corrected chi connectivity index (χ2v) is 6.38. The van der Waals surface area contributed by atoms with Crippen LogP contribution in [-0.4, -0.2) is 23.8 Å². The van der Waals surface area contributed by atoms with E-state index in [1.807, 2.05) is 0 Å². The molecule has 156 valence electrons. The Hall–Kier alpha value is -4.46. The van der Waals surface area contributed by atoms with Crippen LogP contribution in [0.15, 0.2) is 84.6 Å². The number of nitrogens with one attached hydrogen (secondary N) is 2. The Bertz CT molecular complexity index is 1130. The largest absolute Gasteiger partial charge is 0.495 e. The summed E-state index contributed by atoms with van der Waals surface area (Å²) in [6, 6.07) is 20.9. The minimum atomic E-state index is -0.577. The quantitative estimate of drug-likeness (QED) is 0.343. The second-order valence-electron chi connectivity index (χ2n) is 6.38.